The molecular formula is C54H37N3. The molecule has 0 spiro atoms. The Kier molecular flexibility index (Phi) is 7.82. The molecule has 11 rings (SSSR count). The SMILES string of the molecule is c1ccc(-c2ccc(N(c3ccccc3)c3ccc4c5ccc(-n6c7ccccc7c7cc(-c8ccccc8)ccc76)cc5n(-c5ccccc5)c4c3)cc2)cc1. The highest BCUT2D eigenvalue weighted by atomic mass is 15.1. The van der Waals surface area contributed by atoms with Crippen molar-refractivity contribution in [1.29, 1.82) is 0 Å². The molecule has 268 valence electrons. The Morgan fingerprint density at radius 2 is 0.719 bits per heavy atom. The van der Waals surface area contributed by atoms with Crippen molar-refractivity contribution in [3.05, 3.63) is 224 Å². The summed E-state index contributed by atoms with van der Waals surface area (Å²) in [5.74, 6) is 0. The number of hydrogen-bond donors (Lipinski definition) is 0. The first-order valence-corrected chi connectivity index (χ1v) is 19.5. The van der Waals surface area contributed by atoms with Crippen LogP contribution in [0.3, 0.4) is 0 Å². The van der Waals surface area contributed by atoms with Crippen LogP contribution in [0.15, 0.2) is 224 Å². The zero-order valence-corrected chi connectivity index (χ0v) is 31.2. The highest BCUT2D eigenvalue weighted by Gasteiger charge is 2.20. The quantitative estimate of drug-likeness (QED) is 0.159. The second kappa shape index (κ2) is 13.6. The lowest BCUT2D eigenvalue weighted by atomic mass is 10.0. The van der Waals surface area contributed by atoms with Crippen LogP contribution in [0.2, 0.25) is 0 Å². The number of aromatic nitrogens is 2. The number of nitrogens with zero attached hydrogens (tertiary/aromatic N) is 3. The molecule has 0 N–H and O–H groups in total. The molecule has 3 heteroatoms. The van der Waals surface area contributed by atoms with Crippen LogP contribution in [0, 0.1) is 0 Å². The van der Waals surface area contributed by atoms with Gasteiger partial charge in [-0.25, -0.2) is 0 Å². The van der Waals surface area contributed by atoms with E-state index in [1.807, 2.05) is 0 Å². The first-order chi connectivity index (χ1) is 28.3. The molecule has 2 aromatic heterocycles. The Bertz CT molecular complexity index is 3200. The molecule has 0 radical (unpaired) electrons. The third kappa shape index (κ3) is 5.60. The van der Waals surface area contributed by atoms with E-state index >= 15 is 0 Å². The minimum atomic E-state index is 1.10. The van der Waals surface area contributed by atoms with Gasteiger partial charge in [0.05, 0.1) is 22.1 Å². The van der Waals surface area contributed by atoms with Crippen molar-refractivity contribution in [3.63, 3.8) is 0 Å². The smallest absolute Gasteiger partial charge is 0.0561 e. The average Bonchev–Trinajstić information content (AvgIpc) is 3.79. The molecule has 0 bridgehead atoms. The van der Waals surface area contributed by atoms with Crippen LogP contribution in [0.5, 0.6) is 0 Å². The highest BCUT2D eigenvalue weighted by molar-refractivity contribution is 6.13. The monoisotopic (exact) mass is 727 g/mol. The largest absolute Gasteiger partial charge is 0.310 e. The Morgan fingerprint density at radius 3 is 1.44 bits per heavy atom. The van der Waals surface area contributed by atoms with Gasteiger partial charge in [-0.2, -0.15) is 0 Å². The van der Waals surface area contributed by atoms with E-state index in [9.17, 15) is 0 Å². The van der Waals surface area contributed by atoms with E-state index in [0.717, 1.165) is 39.5 Å². The molecule has 2 heterocycles. The molecule has 0 fully saturated rings. The van der Waals surface area contributed by atoms with Crippen LogP contribution in [-0.2, 0) is 0 Å². The summed E-state index contributed by atoms with van der Waals surface area (Å²) in [5, 5.41) is 4.93. The second-order valence-electron chi connectivity index (χ2n) is 14.6. The fraction of sp³-hybridized carbons (Fsp3) is 0. The van der Waals surface area contributed by atoms with Gasteiger partial charge >= 0.3 is 0 Å². The zero-order valence-electron chi connectivity index (χ0n) is 31.2. The first kappa shape index (κ1) is 32.8. The molecule has 0 saturated heterocycles. The third-order valence-electron chi connectivity index (χ3n) is 11.3. The van der Waals surface area contributed by atoms with Gasteiger partial charge in [-0.15, -0.1) is 0 Å². The molecular weight excluding hydrogens is 691 g/mol. The standard InChI is InChI=1S/C54H37N3/c1-5-15-38(16-6-1)40-25-28-44(29-26-40)55(42-19-9-3-10-20-42)45-30-32-48-49-33-31-46(37-54(49)56(53(48)36-45)43-21-11-4-12-22-43)57-51-24-14-13-23-47(51)50-35-41(27-34-52(50)57)39-17-7-2-8-18-39/h1-37H. The second-order valence-corrected chi connectivity index (χ2v) is 14.6. The lowest BCUT2D eigenvalue weighted by molar-refractivity contribution is 1.15. The summed E-state index contributed by atoms with van der Waals surface area (Å²) >= 11 is 0. The molecule has 3 nitrogen and oxygen atoms in total. The predicted molar refractivity (Wildman–Crippen MR) is 241 cm³/mol. The van der Waals surface area contributed by atoms with E-state index in [-0.39, 0.29) is 0 Å². The molecule has 0 aliphatic heterocycles. The molecule has 0 amide bonds. The Balaban J connectivity index is 1.11. The van der Waals surface area contributed by atoms with Crippen LogP contribution in [0.1, 0.15) is 0 Å². The van der Waals surface area contributed by atoms with Crippen LogP contribution in [0.4, 0.5) is 17.1 Å². The lowest BCUT2D eigenvalue weighted by Crippen LogP contribution is -2.10. The van der Waals surface area contributed by atoms with Gasteiger partial charge < -0.3 is 14.0 Å². The van der Waals surface area contributed by atoms with Crippen molar-refractivity contribution in [2.45, 2.75) is 0 Å². The number of anilines is 3. The molecule has 0 aliphatic rings. The third-order valence-corrected chi connectivity index (χ3v) is 11.3. The van der Waals surface area contributed by atoms with Crippen LogP contribution < -0.4 is 4.90 Å². The highest BCUT2D eigenvalue weighted by Crippen LogP contribution is 2.42. The van der Waals surface area contributed by atoms with Crippen LogP contribution in [-0.4, -0.2) is 9.13 Å². The van der Waals surface area contributed by atoms with E-state index in [4.69, 9.17) is 0 Å². The first-order valence-electron chi connectivity index (χ1n) is 19.5. The van der Waals surface area contributed by atoms with E-state index in [1.54, 1.807) is 0 Å². The fourth-order valence-electron chi connectivity index (χ4n) is 8.65. The fourth-order valence-corrected chi connectivity index (χ4v) is 8.65. The van der Waals surface area contributed by atoms with Crippen LogP contribution >= 0.6 is 0 Å². The minimum Gasteiger partial charge on any atom is -0.310 e. The predicted octanol–water partition coefficient (Wildman–Crippen LogP) is 14.7. The van der Waals surface area contributed by atoms with E-state index in [2.05, 4.69) is 238 Å². The van der Waals surface area contributed by atoms with Gasteiger partial charge in [0.25, 0.3) is 0 Å². The molecule has 11 aromatic rings. The summed E-state index contributed by atoms with van der Waals surface area (Å²) in [6.07, 6.45) is 0. The Hall–Kier alpha value is -7.62. The number of rotatable bonds is 7. The summed E-state index contributed by atoms with van der Waals surface area (Å²) < 4.78 is 4.86. The number of fused-ring (bicyclic) bond motifs is 6. The summed E-state index contributed by atoms with van der Waals surface area (Å²) in [6.45, 7) is 0. The maximum atomic E-state index is 2.43. The molecule has 0 saturated carbocycles. The van der Waals surface area contributed by atoms with Crippen molar-refractivity contribution in [2.24, 2.45) is 0 Å². The number of hydrogen-bond acceptors (Lipinski definition) is 1. The van der Waals surface area contributed by atoms with Gasteiger partial charge in [0.2, 0.25) is 0 Å². The normalized spacial score (nSPS) is 11.5. The Morgan fingerprint density at radius 1 is 0.246 bits per heavy atom. The van der Waals surface area contributed by atoms with Crippen molar-refractivity contribution >= 4 is 60.7 Å². The van der Waals surface area contributed by atoms with Crippen molar-refractivity contribution in [1.82, 2.24) is 9.13 Å². The molecule has 57 heavy (non-hydrogen) atoms. The summed E-state index contributed by atoms with van der Waals surface area (Å²) in [5.41, 5.74) is 15.1. The molecule has 9 aromatic carbocycles. The minimum absolute atomic E-state index is 1.10. The number of benzene rings is 9. The van der Waals surface area contributed by atoms with Crippen molar-refractivity contribution in [2.75, 3.05) is 4.90 Å². The molecule has 0 atom stereocenters. The zero-order chi connectivity index (χ0) is 37.7. The van der Waals surface area contributed by atoms with Gasteiger partial charge in [-0.05, 0) is 101 Å². The van der Waals surface area contributed by atoms with Crippen LogP contribution in [0.25, 0.3) is 77.2 Å². The average molecular weight is 728 g/mol. The van der Waals surface area contributed by atoms with Gasteiger partial charge in [-0.1, -0.05) is 146 Å². The van der Waals surface area contributed by atoms with Gasteiger partial charge in [0, 0.05) is 50.0 Å². The topological polar surface area (TPSA) is 13.1 Å². The van der Waals surface area contributed by atoms with Gasteiger partial charge in [-0.3, -0.25) is 0 Å². The van der Waals surface area contributed by atoms with Gasteiger partial charge in [0.15, 0.2) is 0 Å². The summed E-state index contributed by atoms with van der Waals surface area (Å²) in [4.78, 5) is 2.36. The number of para-hydroxylation sites is 3. The summed E-state index contributed by atoms with van der Waals surface area (Å²) in [6, 6.07) is 81.1. The van der Waals surface area contributed by atoms with Crippen molar-refractivity contribution in [3.8, 4) is 33.6 Å². The summed E-state index contributed by atoms with van der Waals surface area (Å²) in [7, 11) is 0. The maximum Gasteiger partial charge on any atom is 0.0561 e. The lowest BCUT2D eigenvalue weighted by Gasteiger charge is -2.26. The van der Waals surface area contributed by atoms with E-state index < -0.39 is 0 Å². The molecule has 0 aliphatic carbocycles. The van der Waals surface area contributed by atoms with Gasteiger partial charge in [0.1, 0.15) is 0 Å². The van der Waals surface area contributed by atoms with Crippen molar-refractivity contribution < 1.29 is 0 Å². The van der Waals surface area contributed by atoms with E-state index in [1.165, 1.54) is 54.8 Å². The maximum absolute atomic E-state index is 2.43. The Labute approximate surface area is 331 Å². The molecule has 0 unspecified atom stereocenters. The van der Waals surface area contributed by atoms with E-state index in [0.29, 0.717) is 0 Å².